The van der Waals surface area contributed by atoms with Gasteiger partial charge in [0.15, 0.2) is 5.17 Å². The van der Waals surface area contributed by atoms with Crippen molar-refractivity contribution >= 4 is 51.7 Å². The van der Waals surface area contributed by atoms with E-state index in [1.807, 2.05) is 24.3 Å². The van der Waals surface area contributed by atoms with Gasteiger partial charge >= 0.3 is 0 Å². The molecular formula is C25H21ClFN3O3S. The largest absolute Gasteiger partial charge is 0.497 e. The van der Waals surface area contributed by atoms with Crippen LogP contribution in [0.2, 0.25) is 5.02 Å². The van der Waals surface area contributed by atoms with Gasteiger partial charge in [0, 0.05) is 17.1 Å². The molecule has 6 nitrogen and oxygen atoms in total. The van der Waals surface area contributed by atoms with Gasteiger partial charge in [0.1, 0.15) is 16.8 Å². The highest BCUT2D eigenvalue weighted by molar-refractivity contribution is 8.15. The van der Waals surface area contributed by atoms with E-state index in [-0.39, 0.29) is 30.6 Å². The third-order valence-corrected chi connectivity index (χ3v) is 6.50. The normalized spacial score (nSPS) is 16.7. The molecule has 1 aliphatic heterocycles. The lowest BCUT2D eigenvalue weighted by atomic mass is 10.2. The molecule has 1 heterocycles. The second-order valence-electron chi connectivity index (χ2n) is 7.51. The number of carbonyl (C=O) groups excluding carboxylic acids is 2. The van der Waals surface area contributed by atoms with Crippen LogP contribution in [0.3, 0.4) is 0 Å². The van der Waals surface area contributed by atoms with Gasteiger partial charge in [0.2, 0.25) is 11.8 Å². The molecule has 0 saturated carbocycles. The minimum atomic E-state index is -0.634. The summed E-state index contributed by atoms with van der Waals surface area (Å²) in [6, 6.07) is 19.8. The zero-order valence-electron chi connectivity index (χ0n) is 18.2. The van der Waals surface area contributed by atoms with E-state index in [0.717, 1.165) is 5.56 Å². The number of amides is 2. The van der Waals surface area contributed by atoms with Gasteiger partial charge in [0.05, 0.1) is 19.3 Å². The van der Waals surface area contributed by atoms with Crippen molar-refractivity contribution in [2.75, 3.05) is 12.4 Å². The molecule has 1 fully saturated rings. The third-order valence-electron chi connectivity index (χ3n) is 5.07. The first-order valence-corrected chi connectivity index (χ1v) is 11.7. The van der Waals surface area contributed by atoms with Crippen LogP contribution >= 0.6 is 23.4 Å². The topological polar surface area (TPSA) is 71.0 Å². The van der Waals surface area contributed by atoms with Crippen LogP contribution in [0.5, 0.6) is 5.75 Å². The molecule has 0 spiro atoms. The molecule has 3 aromatic rings. The first-order chi connectivity index (χ1) is 16.4. The molecule has 174 valence electrons. The van der Waals surface area contributed by atoms with E-state index in [0.29, 0.717) is 27.3 Å². The van der Waals surface area contributed by atoms with Crippen LogP contribution in [0.25, 0.3) is 0 Å². The van der Waals surface area contributed by atoms with Crippen LogP contribution in [-0.2, 0) is 16.1 Å². The fraction of sp³-hybridized carbons (Fsp3) is 0.160. The number of amidine groups is 1. The summed E-state index contributed by atoms with van der Waals surface area (Å²) in [5.74, 6) is -0.165. The number of halogens is 2. The molecule has 0 aliphatic carbocycles. The fourth-order valence-electron chi connectivity index (χ4n) is 3.32. The SMILES string of the molecule is COc1ccc(CN2C(=O)[C@H](CC(=O)Nc3ccc(Cl)cc3)SC2=Nc2ccc(F)cc2)cc1. The summed E-state index contributed by atoms with van der Waals surface area (Å²) in [4.78, 5) is 32.0. The van der Waals surface area contributed by atoms with Crippen LogP contribution in [0.1, 0.15) is 12.0 Å². The number of rotatable bonds is 7. The highest BCUT2D eigenvalue weighted by atomic mass is 35.5. The first kappa shape index (κ1) is 23.8. The van der Waals surface area contributed by atoms with Gasteiger partial charge in [-0.25, -0.2) is 9.38 Å². The highest BCUT2D eigenvalue weighted by Crippen LogP contribution is 2.33. The Bertz CT molecular complexity index is 1200. The number of thioether (sulfide) groups is 1. The number of hydrogen-bond donors (Lipinski definition) is 1. The Morgan fingerprint density at radius 3 is 2.41 bits per heavy atom. The fourth-order valence-corrected chi connectivity index (χ4v) is 4.61. The number of anilines is 1. The lowest BCUT2D eigenvalue weighted by Gasteiger charge is -2.17. The van der Waals surface area contributed by atoms with Gasteiger partial charge < -0.3 is 10.1 Å². The summed E-state index contributed by atoms with van der Waals surface area (Å²) in [6.07, 6.45) is -0.0202. The van der Waals surface area contributed by atoms with E-state index in [9.17, 15) is 14.0 Å². The second-order valence-corrected chi connectivity index (χ2v) is 9.12. The molecule has 1 atom stereocenters. The van der Waals surface area contributed by atoms with Gasteiger partial charge in [-0.3, -0.25) is 14.5 Å². The van der Waals surface area contributed by atoms with Crippen molar-refractivity contribution in [1.29, 1.82) is 0 Å². The molecule has 1 N–H and O–H groups in total. The second kappa shape index (κ2) is 10.7. The summed E-state index contributed by atoms with van der Waals surface area (Å²) in [7, 11) is 1.59. The lowest BCUT2D eigenvalue weighted by molar-refractivity contribution is -0.128. The monoisotopic (exact) mass is 497 g/mol. The molecule has 34 heavy (non-hydrogen) atoms. The van der Waals surface area contributed by atoms with E-state index < -0.39 is 5.25 Å². The van der Waals surface area contributed by atoms with Crippen molar-refractivity contribution in [3.63, 3.8) is 0 Å². The van der Waals surface area contributed by atoms with Crippen molar-refractivity contribution < 1.29 is 18.7 Å². The van der Waals surface area contributed by atoms with Gasteiger partial charge in [-0.2, -0.15) is 0 Å². The van der Waals surface area contributed by atoms with Crippen molar-refractivity contribution in [2.45, 2.75) is 18.2 Å². The summed E-state index contributed by atoms with van der Waals surface area (Å²) < 4.78 is 18.5. The summed E-state index contributed by atoms with van der Waals surface area (Å²) >= 11 is 7.11. The predicted molar refractivity (Wildman–Crippen MR) is 133 cm³/mol. The molecule has 1 aliphatic rings. The number of benzene rings is 3. The van der Waals surface area contributed by atoms with Gasteiger partial charge in [-0.05, 0) is 66.2 Å². The first-order valence-electron chi connectivity index (χ1n) is 10.4. The third kappa shape index (κ3) is 5.95. The summed E-state index contributed by atoms with van der Waals surface area (Å²) in [5.41, 5.74) is 2.00. The van der Waals surface area contributed by atoms with Crippen LogP contribution in [-0.4, -0.2) is 34.2 Å². The number of aliphatic imine (C=N–C) groups is 1. The van der Waals surface area contributed by atoms with E-state index >= 15 is 0 Å². The van der Waals surface area contributed by atoms with Gasteiger partial charge in [-0.15, -0.1) is 0 Å². The average Bonchev–Trinajstić information content (AvgIpc) is 3.11. The van der Waals surface area contributed by atoms with E-state index in [1.54, 1.807) is 48.4 Å². The highest BCUT2D eigenvalue weighted by Gasteiger charge is 2.39. The van der Waals surface area contributed by atoms with E-state index in [4.69, 9.17) is 16.3 Å². The lowest BCUT2D eigenvalue weighted by Crippen LogP contribution is -2.33. The Balaban J connectivity index is 1.53. The maximum Gasteiger partial charge on any atom is 0.242 e. The van der Waals surface area contributed by atoms with E-state index in [1.165, 1.54) is 23.9 Å². The molecule has 9 heteroatoms. The Kier molecular flexibility index (Phi) is 7.49. The molecule has 0 unspecified atom stereocenters. The minimum absolute atomic E-state index is 0.0202. The molecule has 0 aromatic heterocycles. The maximum absolute atomic E-state index is 13.3. The standard InChI is InChI=1S/C25H21ClFN3O3S/c1-33-21-12-2-16(3-13-21)15-30-24(32)22(14-23(31)28-19-8-4-17(26)5-9-19)34-25(30)29-20-10-6-18(27)7-11-20/h2-13,22H,14-15H2,1H3,(H,28,31)/t22-/m0/s1. The zero-order chi connectivity index (χ0) is 24.1. The quantitative estimate of drug-likeness (QED) is 0.458. The Morgan fingerprint density at radius 2 is 1.76 bits per heavy atom. The predicted octanol–water partition coefficient (Wildman–Crippen LogP) is 5.65. The molecular weight excluding hydrogens is 477 g/mol. The van der Waals surface area contributed by atoms with Gasteiger partial charge in [0.25, 0.3) is 0 Å². The number of nitrogens with zero attached hydrogens (tertiary/aromatic N) is 2. The Hall–Kier alpha value is -3.36. The van der Waals surface area contributed by atoms with E-state index in [2.05, 4.69) is 10.3 Å². The summed E-state index contributed by atoms with van der Waals surface area (Å²) in [5, 5.41) is 3.17. The average molecular weight is 498 g/mol. The van der Waals surface area contributed by atoms with Crippen LogP contribution < -0.4 is 10.1 Å². The molecule has 0 radical (unpaired) electrons. The molecule has 2 amide bonds. The number of methoxy groups -OCH3 is 1. The number of nitrogens with one attached hydrogen (secondary N) is 1. The Labute approximate surface area is 205 Å². The van der Waals surface area contributed by atoms with Crippen LogP contribution in [0.15, 0.2) is 77.8 Å². The van der Waals surface area contributed by atoms with Crippen molar-refractivity contribution in [2.24, 2.45) is 4.99 Å². The summed E-state index contributed by atoms with van der Waals surface area (Å²) in [6.45, 7) is 0.283. The van der Waals surface area contributed by atoms with Crippen LogP contribution in [0.4, 0.5) is 15.8 Å². The molecule has 3 aromatic carbocycles. The smallest absolute Gasteiger partial charge is 0.242 e. The maximum atomic E-state index is 13.3. The van der Waals surface area contributed by atoms with Crippen molar-refractivity contribution in [1.82, 2.24) is 4.90 Å². The minimum Gasteiger partial charge on any atom is -0.497 e. The number of hydrogen-bond acceptors (Lipinski definition) is 5. The van der Waals surface area contributed by atoms with Crippen molar-refractivity contribution in [3.8, 4) is 5.75 Å². The number of carbonyl (C=O) groups is 2. The Morgan fingerprint density at radius 1 is 1.09 bits per heavy atom. The number of ether oxygens (including phenoxy) is 1. The van der Waals surface area contributed by atoms with Crippen molar-refractivity contribution in [3.05, 3.63) is 89.2 Å². The molecule has 0 bridgehead atoms. The van der Waals surface area contributed by atoms with Crippen LogP contribution in [0, 0.1) is 5.82 Å². The molecule has 4 rings (SSSR count). The zero-order valence-corrected chi connectivity index (χ0v) is 19.8. The van der Waals surface area contributed by atoms with Gasteiger partial charge in [-0.1, -0.05) is 35.5 Å². The molecule has 1 saturated heterocycles.